The molecular formula is C11H18O2. The van der Waals surface area contributed by atoms with Crippen LogP contribution in [0.5, 0.6) is 0 Å². The molecular weight excluding hydrogens is 164 g/mol. The summed E-state index contributed by atoms with van der Waals surface area (Å²) >= 11 is 0. The molecule has 0 aliphatic heterocycles. The molecule has 0 spiro atoms. The molecule has 0 bridgehead atoms. The third-order valence-corrected chi connectivity index (χ3v) is 3.27. The topological polar surface area (TPSA) is 34.1 Å². The van der Waals surface area contributed by atoms with Crippen LogP contribution in [0.2, 0.25) is 0 Å². The highest BCUT2D eigenvalue weighted by molar-refractivity contribution is 6.08. The van der Waals surface area contributed by atoms with Gasteiger partial charge in [0.05, 0.1) is 5.41 Å². The minimum atomic E-state index is -0.560. The summed E-state index contributed by atoms with van der Waals surface area (Å²) in [6.45, 7) is 5.23. The van der Waals surface area contributed by atoms with Crippen LogP contribution in [0.4, 0.5) is 0 Å². The first-order valence-electron chi connectivity index (χ1n) is 5.07. The molecule has 2 heteroatoms. The Hall–Kier alpha value is -0.660. The maximum Gasteiger partial charge on any atom is 0.143 e. The van der Waals surface area contributed by atoms with Gasteiger partial charge in [0.25, 0.3) is 0 Å². The molecule has 0 aromatic carbocycles. The summed E-state index contributed by atoms with van der Waals surface area (Å²) in [4.78, 5) is 22.6. The van der Waals surface area contributed by atoms with Gasteiger partial charge in [-0.3, -0.25) is 9.59 Å². The molecule has 1 aliphatic rings. The summed E-state index contributed by atoms with van der Waals surface area (Å²) in [5.74, 6) is 0.490. The van der Waals surface area contributed by atoms with Crippen LogP contribution in [-0.4, -0.2) is 11.6 Å². The van der Waals surface area contributed by atoms with E-state index in [-0.39, 0.29) is 11.6 Å². The molecule has 1 fully saturated rings. The van der Waals surface area contributed by atoms with Crippen LogP contribution in [0, 0.1) is 11.3 Å². The summed E-state index contributed by atoms with van der Waals surface area (Å²) in [5.41, 5.74) is -0.560. The molecule has 1 atom stereocenters. The van der Waals surface area contributed by atoms with Gasteiger partial charge in [-0.05, 0) is 32.6 Å². The second kappa shape index (κ2) is 3.60. The van der Waals surface area contributed by atoms with E-state index in [4.69, 9.17) is 0 Å². The molecule has 0 heterocycles. The fourth-order valence-electron chi connectivity index (χ4n) is 2.24. The third-order valence-electron chi connectivity index (χ3n) is 3.27. The standard InChI is InChI=1S/C11H18O2/c1-4-5-6-10-7-11(10,8(2)12)9(3)13/h10H,4-7H2,1-3H3. The van der Waals surface area contributed by atoms with Crippen LogP contribution in [0.15, 0.2) is 0 Å². The Labute approximate surface area is 79.7 Å². The lowest BCUT2D eigenvalue weighted by atomic mass is 9.92. The van der Waals surface area contributed by atoms with Crippen molar-refractivity contribution in [2.24, 2.45) is 11.3 Å². The van der Waals surface area contributed by atoms with Gasteiger partial charge in [0.2, 0.25) is 0 Å². The van der Waals surface area contributed by atoms with Gasteiger partial charge in [0, 0.05) is 0 Å². The number of unbranched alkanes of at least 4 members (excludes halogenated alkanes) is 1. The predicted molar refractivity (Wildman–Crippen MR) is 51.4 cm³/mol. The third kappa shape index (κ3) is 1.67. The van der Waals surface area contributed by atoms with Crippen molar-refractivity contribution in [1.29, 1.82) is 0 Å². The lowest BCUT2D eigenvalue weighted by Crippen LogP contribution is -2.23. The van der Waals surface area contributed by atoms with Gasteiger partial charge in [-0.2, -0.15) is 0 Å². The van der Waals surface area contributed by atoms with E-state index >= 15 is 0 Å². The lowest BCUT2D eigenvalue weighted by Gasteiger charge is -2.08. The Morgan fingerprint density at radius 2 is 1.85 bits per heavy atom. The molecule has 13 heavy (non-hydrogen) atoms. The Morgan fingerprint density at radius 3 is 2.15 bits per heavy atom. The van der Waals surface area contributed by atoms with Crippen LogP contribution in [0.3, 0.4) is 0 Å². The number of carbonyl (C=O) groups is 2. The van der Waals surface area contributed by atoms with Crippen LogP contribution in [-0.2, 0) is 9.59 Å². The molecule has 1 rings (SSSR count). The molecule has 74 valence electrons. The van der Waals surface area contributed by atoms with Gasteiger partial charge in [-0.25, -0.2) is 0 Å². The van der Waals surface area contributed by atoms with E-state index in [0.717, 1.165) is 25.7 Å². The summed E-state index contributed by atoms with van der Waals surface area (Å²) < 4.78 is 0. The number of carbonyl (C=O) groups excluding carboxylic acids is 2. The van der Waals surface area contributed by atoms with E-state index < -0.39 is 5.41 Å². The van der Waals surface area contributed by atoms with Gasteiger partial charge < -0.3 is 0 Å². The van der Waals surface area contributed by atoms with E-state index in [2.05, 4.69) is 6.92 Å². The van der Waals surface area contributed by atoms with Crippen LogP contribution in [0.1, 0.15) is 46.5 Å². The highest BCUT2D eigenvalue weighted by Gasteiger charge is 2.60. The monoisotopic (exact) mass is 182 g/mol. The summed E-state index contributed by atoms with van der Waals surface area (Å²) in [6, 6.07) is 0. The van der Waals surface area contributed by atoms with E-state index in [1.807, 2.05) is 0 Å². The summed E-state index contributed by atoms with van der Waals surface area (Å²) in [7, 11) is 0. The SMILES string of the molecule is CCCCC1CC1(C(C)=O)C(C)=O. The molecule has 0 radical (unpaired) electrons. The number of hydrogen-bond donors (Lipinski definition) is 0. The maximum absolute atomic E-state index is 11.3. The smallest absolute Gasteiger partial charge is 0.143 e. The summed E-state index contributed by atoms with van der Waals surface area (Å²) in [5, 5.41) is 0. The Balaban J connectivity index is 2.57. The quantitative estimate of drug-likeness (QED) is 0.612. The normalized spacial score (nSPS) is 24.1. The number of Topliss-reactive ketones (excluding diaryl/α,β-unsaturated/α-hetero) is 2. The molecule has 0 saturated heterocycles. The Kier molecular flexibility index (Phi) is 2.89. The van der Waals surface area contributed by atoms with Crippen molar-refractivity contribution >= 4 is 11.6 Å². The van der Waals surface area contributed by atoms with Crippen molar-refractivity contribution in [2.45, 2.75) is 46.5 Å². The van der Waals surface area contributed by atoms with Crippen LogP contribution in [0.25, 0.3) is 0 Å². The van der Waals surface area contributed by atoms with Gasteiger partial charge in [0.15, 0.2) is 0 Å². The molecule has 1 aliphatic carbocycles. The van der Waals surface area contributed by atoms with Crippen molar-refractivity contribution in [3.63, 3.8) is 0 Å². The van der Waals surface area contributed by atoms with Gasteiger partial charge in [0.1, 0.15) is 11.6 Å². The number of hydrogen-bond acceptors (Lipinski definition) is 2. The first-order chi connectivity index (χ1) is 6.05. The second-order valence-corrected chi connectivity index (χ2v) is 4.13. The zero-order valence-corrected chi connectivity index (χ0v) is 8.72. The fourth-order valence-corrected chi connectivity index (χ4v) is 2.24. The van der Waals surface area contributed by atoms with Gasteiger partial charge in [-0.1, -0.05) is 19.8 Å². The molecule has 0 aromatic heterocycles. The predicted octanol–water partition coefficient (Wildman–Crippen LogP) is 2.36. The number of ketones is 2. The molecule has 0 N–H and O–H groups in total. The number of rotatable bonds is 5. The highest BCUT2D eigenvalue weighted by Crippen LogP contribution is 2.56. The van der Waals surface area contributed by atoms with Crippen molar-refractivity contribution in [2.75, 3.05) is 0 Å². The first kappa shape index (κ1) is 10.4. The maximum atomic E-state index is 11.3. The van der Waals surface area contributed by atoms with Crippen LogP contribution < -0.4 is 0 Å². The van der Waals surface area contributed by atoms with E-state index in [0.29, 0.717) is 5.92 Å². The Bertz CT molecular complexity index is 216. The lowest BCUT2D eigenvalue weighted by molar-refractivity contribution is -0.132. The van der Waals surface area contributed by atoms with E-state index in [9.17, 15) is 9.59 Å². The van der Waals surface area contributed by atoms with Crippen molar-refractivity contribution < 1.29 is 9.59 Å². The largest absolute Gasteiger partial charge is 0.299 e. The molecule has 1 unspecified atom stereocenters. The molecule has 0 aromatic rings. The highest BCUT2D eigenvalue weighted by atomic mass is 16.2. The first-order valence-corrected chi connectivity index (χ1v) is 5.07. The Morgan fingerprint density at radius 1 is 1.31 bits per heavy atom. The summed E-state index contributed by atoms with van der Waals surface area (Å²) in [6.07, 6.45) is 4.11. The van der Waals surface area contributed by atoms with E-state index in [1.165, 1.54) is 0 Å². The van der Waals surface area contributed by atoms with Crippen molar-refractivity contribution in [3.8, 4) is 0 Å². The molecule has 1 saturated carbocycles. The van der Waals surface area contributed by atoms with E-state index in [1.54, 1.807) is 13.8 Å². The zero-order valence-electron chi connectivity index (χ0n) is 8.72. The zero-order chi connectivity index (χ0) is 10.1. The van der Waals surface area contributed by atoms with Crippen LogP contribution >= 0.6 is 0 Å². The average molecular weight is 182 g/mol. The van der Waals surface area contributed by atoms with Gasteiger partial charge >= 0.3 is 0 Å². The molecule has 0 amide bonds. The fraction of sp³-hybridized carbons (Fsp3) is 0.818. The average Bonchev–Trinajstić information content (AvgIpc) is 2.76. The minimum Gasteiger partial charge on any atom is -0.299 e. The van der Waals surface area contributed by atoms with Gasteiger partial charge in [-0.15, -0.1) is 0 Å². The van der Waals surface area contributed by atoms with Crippen molar-refractivity contribution in [1.82, 2.24) is 0 Å². The molecule has 2 nitrogen and oxygen atoms in total. The minimum absolute atomic E-state index is 0.0705. The van der Waals surface area contributed by atoms with Crippen molar-refractivity contribution in [3.05, 3.63) is 0 Å². The second-order valence-electron chi connectivity index (χ2n) is 4.13.